The lowest BCUT2D eigenvalue weighted by Gasteiger charge is -2.06. The predicted molar refractivity (Wildman–Crippen MR) is 54.5 cm³/mol. The third kappa shape index (κ3) is 1.48. The number of rotatable bonds is 2. The summed E-state index contributed by atoms with van der Waals surface area (Å²) in [5.41, 5.74) is 2.64. The predicted octanol–water partition coefficient (Wildman–Crippen LogP) is 2.61. The molecule has 13 heavy (non-hydrogen) atoms. The van der Waals surface area contributed by atoms with Crippen molar-refractivity contribution in [1.82, 2.24) is 0 Å². The number of hydrogen-bond acceptors (Lipinski definition) is 2. The summed E-state index contributed by atoms with van der Waals surface area (Å²) in [6, 6.07) is 6.29. The molecule has 1 heterocycles. The van der Waals surface area contributed by atoms with Crippen LogP contribution in [0.1, 0.15) is 25.3 Å². The fourth-order valence-electron chi connectivity index (χ4n) is 1.75. The number of benzene rings is 1. The van der Waals surface area contributed by atoms with E-state index < -0.39 is 0 Å². The smallest absolute Gasteiger partial charge is 0.121 e. The molecule has 0 saturated heterocycles. The monoisotopic (exact) mass is 177 g/mol. The van der Waals surface area contributed by atoms with E-state index in [2.05, 4.69) is 24.4 Å². The largest absolute Gasteiger partial charge is 0.494 e. The van der Waals surface area contributed by atoms with Gasteiger partial charge >= 0.3 is 0 Å². The van der Waals surface area contributed by atoms with Crippen molar-refractivity contribution < 1.29 is 4.74 Å². The fraction of sp³-hybridized carbons (Fsp3) is 0.455. The van der Waals surface area contributed by atoms with Crippen molar-refractivity contribution >= 4 is 5.69 Å². The van der Waals surface area contributed by atoms with Gasteiger partial charge in [-0.2, -0.15) is 0 Å². The first-order chi connectivity index (χ1) is 6.31. The Morgan fingerprint density at radius 2 is 2.38 bits per heavy atom. The van der Waals surface area contributed by atoms with Crippen LogP contribution in [-0.2, 0) is 0 Å². The first-order valence-electron chi connectivity index (χ1n) is 4.82. The summed E-state index contributed by atoms with van der Waals surface area (Å²) in [7, 11) is 0. The highest BCUT2D eigenvalue weighted by molar-refractivity contribution is 5.60. The van der Waals surface area contributed by atoms with Gasteiger partial charge in [-0.05, 0) is 18.6 Å². The van der Waals surface area contributed by atoms with Crippen molar-refractivity contribution in [2.75, 3.05) is 18.5 Å². The first-order valence-corrected chi connectivity index (χ1v) is 4.82. The van der Waals surface area contributed by atoms with Gasteiger partial charge in [0.25, 0.3) is 0 Å². The van der Waals surface area contributed by atoms with Gasteiger partial charge in [-0.25, -0.2) is 0 Å². The van der Waals surface area contributed by atoms with Crippen molar-refractivity contribution in [1.29, 1.82) is 0 Å². The van der Waals surface area contributed by atoms with Gasteiger partial charge in [-0.3, -0.25) is 0 Å². The number of ether oxygens (including phenoxy) is 1. The van der Waals surface area contributed by atoms with Crippen molar-refractivity contribution in [2.24, 2.45) is 0 Å². The Morgan fingerprint density at radius 3 is 3.15 bits per heavy atom. The van der Waals surface area contributed by atoms with E-state index in [1.165, 1.54) is 11.3 Å². The minimum atomic E-state index is 0.630. The minimum Gasteiger partial charge on any atom is -0.494 e. The molecular formula is C11H15NO. The molecule has 70 valence electrons. The van der Waals surface area contributed by atoms with Crippen LogP contribution in [0.3, 0.4) is 0 Å². The van der Waals surface area contributed by atoms with Crippen LogP contribution in [0, 0.1) is 0 Å². The molecule has 0 fully saturated rings. The fourth-order valence-corrected chi connectivity index (χ4v) is 1.75. The van der Waals surface area contributed by atoms with Gasteiger partial charge < -0.3 is 10.1 Å². The molecule has 1 unspecified atom stereocenters. The molecule has 2 heteroatoms. The van der Waals surface area contributed by atoms with Gasteiger partial charge in [0, 0.05) is 24.2 Å². The van der Waals surface area contributed by atoms with Gasteiger partial charge in [0.2, 0.25) is 0 Å². The Labute approximate surface area is 78.9 Å². The first kappa shape index (κ1) is 8.42. The Hall–Kier alpha value is -1.18. The zero-order chi connectivity index (χ0) is 9.26. The SMILES string of the molecule is CCOc1ccc2c(c1)NCC2C. The standard InChI is InChI=1S/C11H15NO/c1-3-13-9-4-5-10-8(2)7-12-11(10)6-9/h4-6,8,12H,3,7H2,1-2H3. The number of hydrogen-bond donors (Lipinski definition) is 1. The Balaban J connectivity index is 2.29. The minimum absolute atomic E-state index is 0.630. The number of nitrogens with one attached hydrogen (secondary N) is 1. The lowest BCUT2D eigenvalue weighted by atomic mass is 10.0. The summed E-state index contributed by atoms with van der Waals surface area (Å²) >= 11 is 0. The number of anilines is 1. The molecule has 0 amide bonds. The Morgan fingerprint density at radius 1 is 1.54 bits per heavy atom. The molecule has 0 bridgehead atoms. The second kappa shape index (κ2) is 3.29. The van der Waals surface area contributed by atoms with Gasteiger partial charge in [0.1, 0.15) is 5.75 Å². The molecule has 0 spiro atoms. The van der Waals surface area contributed by atoms with Crippen LogP contribution in [0.5, 0.6) is 5.75 Å². The van der Waals surface area contributed by atoms with E-state index in [1.807, 2.05) is 13.0 Å². The average molecular weight is 177 g/mol. The molecule has 2 rings (SSSR count). The molecule has 1 N–H and O–H groups in total. The second-order valence-corrected chi connectivity index (χ2v) is 3.46. The van der Waals surface area contributed by atoms with Crippen molar-refractivity contribution in [3.63, 3.8) is 0 Å². The normalized spacial score (nSPS) is 19.4. The molecule has 1 aromatic carbocycles. The molecule has 0 aromatic heterocycles. The molecule has 1 aliphatic rings. The quantitative estimate of drug-likeness (QED) is 0.749. The van der Waals surface area contributed by atoms with Gasteiger partial charge in [-0.1, -0.05) is 13.0 Å². The van der Waals surface area contributed by atoms with Gasteiger partial charge in [-0.15, -0.1) is 0 Å². The summed E-state index contributed by atoms with van der Waals surface area (Å²) in [5.74, 6) is 1.59. The second-order valence-electron chi connectivity index (χ2n) is 3.46. The molecule has 0 radical (unpaired) electrons. The molecule has 1 aromatic rings. The van der Waals surface area contributed by atoms with Gasteiger partial charge in [0.15, 0.2) is 0 Å². The Bertz CT molecular complexity index is 309. The Kier molecular flexibility index (Phi) is 2.13. The summed E-state index contributed by atoms with van der Waals surface area (Å²) in [5, 5.41) is 3.37. The van der Waals surface area contributed by atoms with Crippen molar-refractivity contribution in [3.8, 4) is 5.75 Å². The lowest BCUT2D eigenvalue weighted by molar-refractivity contribution is 0.340. The summed E-state index contributed by atoms with van der Waals surface area (Å²) in [6.07, 6.45) is 0. The maximum absolute atomic E-state index is 5.43. The van der Waals surface area contributed by atoms with E-state index in [9.17, 15) is 0 Å². The van der Waals surface area contributed by atoms with Crippen molar-refractivity contribution in [2.45, 2.75) is 19.8 Å². The summed E-state index contributed by atoms with van der Waals surface area (Å²) in [6.45, 7) is 6.02. The maximum atomic E-state index is 5.43. The van der Waals surface area contributed by atoms with E-state index in [-0.39, 0.29) is 0 Å². The van der Waals surface area contributed by atoms with Crippen LogP contribution in [0.4, 0.5) is 5.69 Å². The molecule has 0 saturated carbocycles. The highest BCUT2D eigenvalue weighted by atomic mass is 16.5. The average Bonchev–Trinajstić information content (AvgIpc) is 2.48. The number of fused-ring (bicyclic) bond motifs is 1. The molecule has 1 atom stereocenters. The molecule has 0 aliphatic carbocycles. The highest BCUT2D eigenvalue weighted by Crippen LogP contribution is 2.33. The maximum Gasteiger partial charge on any atom is 0.121 e. The van der Waals surface area contributed by atoms with Crippen LogP contribution < -0.4 is 10.1 Å². The van der Waals surface area contributed by atoms with Crippen LogP contribution in [0.2, 0.25) is 0 Å². The van der Waals surface area contributed by atoms with Crippen LogP contribution in [0.25, 0.3) is 0 Å². The third-order valence-corrected chi connectivity index (χ3v) is 2.47. The molecule has 1 aliphatic heterocycles. The zero-order valence-corrected chi connectivity index (χ0v) is 8.13. The summed E-state index contributed by atoms with van der Waals surface area (Å²) in [4.78, 5) is 0. The van der Waals surface area contributed by atoms with E-state index in [0.29, 0.717) is 5.92 Å². The zero-order valence-electron chi connectivity index (χ0n) is 8.13. The van der Waals surface area contributed by atoms with Crippen LogP contribution in [0.15, 0.2) is 18.2 Å². The highest BCUT2D eigenvalue weighted by Gasteiger charge is 2.17. The van der Waals surface area contributed by atoms with Gasteiger partial charge in [0.05, 0.1) is 6.61 Å². The third-order valence-electron chi connectivity index (χ3n) is 2.47. The van der Waals surface area contributed by atoms with E-state index in [4.69, 9.17) is 4.74 Å². The summed E-state index contributed by atoms with van der Waals surface area (Å²) < 4.78 is 5.43. The molecule has 2 nitrogen and oxygen atoms in total. The van der Waals surface area contributed by atoms with E-state index in [0.717, 1.165) is 18.9 Å². The van der Waals surface area contributed by atoms with Crippen molar-refractivity contribution in [3.05, 3.63) is 23.8 Å². The molecular weight excluding hydrogens is 162 g/mol. The van der Waals surface area contributed by atoms with Crippen LogP contribution >= 0.6 is 0 Å². The topological polar surface area (TPSA) is 21.3 Å². The van der Waals surface area contributed by atoms with E-state index in [1.54, 1.807) is 0 Å². The van der Waals surface area contributed by atoms with Crippen LogP contribution in [-0.4, -0.2) is 13.2 Å². The van der Waals surface area contributed by atoms with E-state index >= 15 is 0 Å². The lowest BCUT2D eigenvalue weighted by Crippen LogP contribution is -1.95.